The number of aryl methyl sites for hydroxylation is 2. The molecule has 0 spiro atoms. The Hall–Kier alpha value is -3.01. The molecule has 3 heterocycles. The molecule has 0 saturated heterocycles. The highest BCUT2D eigenvalue weighted by Gasteiger charge is 2.43. The molecule has 2 aromatic heterocycles. The zero-order chi connectivity index (χ0) is 20.0. The summed E-state index contributed by atoms with van der Waals surface area (Å²) in [6.07, 6.45) is 1.97. The molecule has 0 saturated carbocycles. The van der Waals surface area contributed by atoms with E-state index < -0.39 is 12.2 Å². The first kappa shape index (κ1) is 18.0. The van der Waals surface area contributed by atoms with E-state index in [-0.39, 0.29) is 18.1 Å². The lowest BCUT2D eigenvalue weighted by Crippen LogP contribution is -2.25. The summed E-state index contributed by atoms with van der Waals surface area (Å²) in [6, 6.07) is 4.02. The van der Waals surface area contributed by atoms with Crippen LogP contribution >= 0.6 is 11.3 Å². The van der Waals surface area contributed by atoms with Gasteiger partial charge in [0, 0.05) is 16.6 Å². The molecule has 0 bridgehead atoms. The van der Waals surface area contributed by atoms with Crippen molar-refractivity contribution in [1.82, 2.24) is 9.97 Å². The molecule has 7 nitrogen and oxygen atoms in total. The number of hydrogen-bond acceptors (Lipinski definition) is 7. The van der Waals surface area contributed by atoms with E-state index in [2.05, 4.69) is 24.8 Å². The average Bonchev–Trinajstić information content (AvgIpc) is 3.21. The molecule has 5 rings (SSSR count). The van der Waals surface area contributed by atoms with Crippen molar-refractivity contribution < 1.29 is 27.8 Å². The van der Waals surface area contributed by atoms with Crippen LogP contribution in [0.25, 0.3) is 10.2 Å². The van der Waals surface area contributed by atoms with Crippen molar-refractivity contribution in [1.29, 1.82) is 0 Å². The van der Waals surface area contributed by atoms with Gasteiger partial charge in [-0.3, -0.25) is 4.79 Å². The number of amides is 1. The highest BCUT2D eigenvalue weighted by atomic mass is 32.1. The van der Waals surface area contributed by atoms with Gasteiger partial charge >= 0.3 is 6.29 Å². The fourth-order valence-electron chi connectivity index (χ4n) is 3.53. The maximum Gasteiger partial charge on any atom is 0.586 e. The number of rotatable bonds is 4. The molecule has 2 aliphatic rings. The Kier molecular flexibility index (Phi) is 4.23. The molecular weight excluding hydrogens is 404 g/mol. The van der Waals surface area contributed by atoms with E-state index in [4.69, 9.17) is 4.74 Å². The van der Waals surface area contributed by atoms with Crippen LogP contribution in [0.5, 0.6) is 17.4 Å². The van der Waals surface area contributed by atoms with Gasteiger partial charge in [-0.05, 0) is 43.4 Å². The van der Waals surface area contributed by atoms with Crippen LogP contribution in [0.15, 0.2) is 24.5 Å². The zero-order valence-corrected chi connectivity index (χ0v) is 15.9. The fourth-order valence-corrected chi connectivity index (χ4v) is 4.75. The van der Waals surface area contributed by atoms with Gasteiger partial charge in [-0.25, -0.2) is 9.97 Å². The van der Waals surface area contributed by atoms with Gasteiger partial charge in [0.15, 0.2) is 18.1 Å². The molecule has 1 aliphatic heterocycles. The van der Waals surface area contributed by atoms with Gasteiger partial charge < -0.3 is 19.5 Å². The number of thiophene rings is 1. The van der Waals surface area contributed by atoms with Crippen LogP contribution in [0.2, 0.25) is 0 Å². The molecular formula is C19H15F2N3O4S. The summed E-state index contributed by atoms with van der Waals surface area (Å²) in [5, 5.41) is 3.47. The smallest absolute Gasteiger partial charge is 0.467 e. The molecule has 10 heteroatoms. The van der Waals surface area contributed by atoms with Crippen LogP contribution < -0.4 is 19.5 Å². The number of carbonyl (C=O) groups excluding carboxylic acids is 1. The number of fused-ring (bicyclic) bond motifs is 4. The first-order valence-electron chi connectivity index (χ1n) is 9.06. The first-order chi connectivity index (χ1) is 14.0. The van der Waals surface area contributed by atoms with Crippen LogP contribution in [0.1, 0.15) is 23.3 Å². The first-order valence-corrected chi connectivity index (χ1v) is 9.88. The number of aromatic nitrogens is 2. The third kappa shape index (κ3) is 3.44. The van der Waals surface area contributed by atoms with Gasteiger partial charge in [0.2, 0.25) is 5.88 Å². The number of alkyl halides is 2. The minimum atomic E-state index is -3.70. The lowest BCUT2D eigenvalue weighted by Gasteiger charge is -2.12. The van der Waals surface area contributed by atoms with Gasteiger partial charge in [0.25, 0.3) is 5.91 Å². The third-order valence-corrected chi connectivity index (χ3v) is 5.94. The number of hydrogen-bond donors (Lipinski definition) is 1. The molecule has 0 fully saturated rings. The Bertz CT molecular complexity index is 1120. The summed E-state index contributed by atoms with van der Waals surface area (Å²) in [7, 11) is 0. The van der Waals surface area contributed by atoms with Crippen molar-refractivity contribution in [2.75, 3.05) is 11.9 Å². The SMILES string of the molecule is O=C(COc1ncnc2sc3c(c12)CCCC3)Nc1ccc2c(c1)OC(F)(F)O2. The summed E-state index contributed by atoms with van der Waals surface area (Å²) in [5.41, 5.74) is 1.50. The van der Waals surface area contributed by atoms with Gasteiger partial charge in [-0.2, -0.15) is 0 Å². The second kappa shape index (κ2) is 6.80. The van der Waals surface area contributed by atoms with E-state index in [9.17, 15) is 13.6 Å². The van der Waals surface area contributed by atoms with E-state index in [0.29, 0.717) is 11.6 Å². The molecule has 29 heavy (non-hydrogen) atoms. The molecule has 0 unspecified atom stereocenters. The molecule has 1 N–H and O–H groups in total. The van der Waals surface area contributed by atoms with Gasteiger partial charge in [-0.1, -0.05) is 0 Å². The lowest BCUT2D eigenvalue weighted by molar-refractivity contribution is -0.286. The maximum absolute atomic E-state index is 13.1. The number of ether oxygens (including phenoxy) is 3. The quantitative estimate of drug-likeness (QED) is 0.691. The van der Waals surface area contributed by atoms with Gasteiger partial charge in [0.05, 0.1) is 5.39 Å². The normalized spacial score (nSPS) is 16.5. The summed E-state index contributed by atoms with van der Waals surface area (Å²) >= 11 is 1.64. The molecule has 1 aromatic carbocycles. The average molecular weight is 419 g/mol. The monoisotopic (exact) mass is 419 g/mol. The summed E-state index contributed by atoms with van der Waals surface area (Å²) < 4.78 is 40.6. The Morgan fingerprint density at radius 1 is 1.21 bits per heavy atom. The second-order valence-electron chi connectivity index (χ2n) is 6.74. The molecule has 1 amide bonds. The van der Waals surface area contributed by atoms with Crippen LogP contribution in [0.3, 0.4) is 0 Å². The molecule has 1 aliphatic carbocycles. The summed E-state index contributed by atoms with van der Waals surface area (Å²) in [5.74, 6) is -0.299. The van der Waals surface area contributed by atoms with Crippen molar-refractivity contribution in [2.24, 2.45) is 0 Å². The van der Waals surface area contributed by atoms with E-state index in [1.165, 1.54) is 35.0 Å². The van der Waals surface area contributed by atoms with Crippen molar-refractivity contribution >= 4 is 33.1 Å². The summed E-state index contributed by atoms with van der Waals surface area (Å²) in [4.78, 5) is 23.0. The van der Waals surface area contributed by atoms with Crippen molar-refractivity contribution in [3.05, 3.63) is 35.0 Å². The number of halogens is 2. The Morgan fingerprint density at radius 2 is 2.03 bits per heavy atom. The highest BCUT2D eigenvalue weighted by molar-refractivity contribution is 7.18. The molecule has 0 atom stereocenters. The van der Waals surface area contributed by atoms with Gasteiger partial charge in [0.1, 0.15) is 11.2 Å². The highest BCUT2D eigenvalue weighted by Crippen LogP contribution is 2.42. The minimum absolute atomic E-state index is 0.0881. The minimum Gasteiger partial charge on any atom is -0.467 e. The predicted octanol–water partition coefficient (Wildman–Crippen LogP) is 3.91. The molecule has 3 aromatic rings. The van der Waals surface area contributed by atoms with E-state index in [1.807, 2.05) is 0 Å². The van der Waals surface area contributed by atoms with E-state index in [1.54, 1.807) is 11.3 Å². The second-order valence-corrected chi connectivity index (χ2v) is 7.82. The molecule has 0 radical (unpaired) electrons. The van der Waals surface area contributed by atoms with E-state index in [0.717, 1.165) is 35.9 Å². The Labute approximate surface area is 167 Å². The predicted molar refractivity (Wildman–Crippen MR) is 101 cm³/mol. The third-order valence-electron chi connectivity index (χ3n) is 4.74. The largest absolute Gasteiger partial charge is 0.586 e. The van der Waals surface area contributed by atoms with Crippen molar-refractivity contribution in [3.8, 4) is 17.4 Å². The van der Waals surface area contributed by atoms with Crippen LogP contribution in [0, 0.1) is 0 Å². The number of nitrogens with zero attached hydrogens (tertiary/aromatic N) is 2. The van der Waals surface area contributed by atoms with E-state index >= 15 is 0 Å². The maximum atomic E-state index is 13.1. The van der Waals surface area contributed by atoms with Gasteiger partial charge in [-0.15, -0.1) is 20.1 Å². The zero-order valence-electron chi connectivity index (χ0n) is 15.0. The number of anilines is 1. The van der Waals surface area contributed by atoms with Crippen LogP contribution in [-0.4, -0.2) is 28.8 Å². The van der Waals surface area contributed by atoms with Crippen molar-refractivity contribution in [2.45, 2.75) is 32.0 Å². The van der Waals surface area contributed by atoms with Crippen LogP contribution in [-0.2, 0) is 17.6 Å². The standard InChI is InChI=1S/C19H15F2N3O4S/c20-19(21)27-12-6-5-10(7-13(12)28-19)24-15(25)8-26-17-16-11-3-1-2-4-14(11)29-18(16)23-9-22-17/h5-7,9H,1-4,8H2,(H,24,25). The molecule has 150 valence electrons. The Balaban J connectivity index is 1.29. The number of benzene rings is 1. The lowest BCUT2D eigenvalue weighted by atomic mass is 9.97. The van der Waals surface area contributed by atoms with Crippen LogP contribution in [0.4, 0.5) is 14.5 Å². The Morgan fingerprint density at radius 3 is 2.93 bits per heavy atom. The number of carbonyl (C=O) groups is 1. The van der Waals surface area contributed by atoms with Crippen molar-refractivity contribution in [3.63, 3.8) is 0 Å². The number of nitrogens with one attached hydrogen (secondary N) is 1. The summed E-state index contributed by atoms with van der Waals surface area (Å²) in [6.45, 7) is -0.276. The fraction of sp³-hybridized carbons (Fsp3) is 0.316. The topological polar surface area (TPSA) is 82.6 Å².